The lowest BCUT2D eigenvalue weighted by Crippen LogP contribution is -2.18. The predicted octanol–water partition coefficient (Wildman–Crippen LogP) is 3.88. The van der Waals surface area contributed by atoms with Gasteiger partial charge in [-0.05, 0) is 55.3 Å². The minimum absolute atomic E-state index is 0.156. The lowest BCUT2D eigenvalue weighted by atomic mass is 9.97. The Balaban J connectivity index is 2.14. The molecule has 0 aliphatic heterocycles. The molecule has 1 N–H and O–H groups in total. The van der Waals surface area contributed by atoms with Gasteiger partial charge in [0.25, 0.3) is 0 Å². The number of aryl methyl sites for hydroxylation is 1. The van der Waals surface area contributed by atoms with E-state index in [1.54, 1.807) is 0 Å². The van der Waals surface area contributed by atoms with Crippen molar-refractivity contribution in [2.75, 3.05) is 13.7 Å². The fourth-order valence-corrected chi connectivity index (χ4v) is 2.37. The Bertz CT molecular complexity index is 551. The molecule has 0 bridgehead atoms. The van der Waals surface area contributed by atoms with Gasteiger partial charge in [0, 0.05) is 12.4 Å². The summed E-state index contributed by atoms with van der Waals surface area (Å²) in [6.45, 7) is 5.07. The third-order valence-corrected chi connectivity index (χ3v) is 3.66. The molecule has 0 amide bonds. The van der Waals surface area contributed by atoms with Crippen molar-refractivity contribution in [3.8, 4) is 5.75 Å². The molecule has 1 atom stereocenters. The number of hydrogen-bond donors (Lipinski definition) is 1. The summed E-state index contributed by atoms with van der Waals surface area (Å²) in [7, 11) is 1.97. The Morgan fingerprint density at radius 3 is 2.57 bits per heavy atom. The maximum atomic E-state index is 5.71. The van der Waals surface area contributed by atoms with E-state index in [1.165, 1.54) is 16.7 Å². The average Bonchev–Trinajstić information content (AvgIpc) is 2.51. The Morgan fingerprint density at radius 1 is 1.19 bits per heavy atom. The van der Waals surface area contributed by atoms with Crippen molar-refractivity contribution in [3.05, 3.63) is 59.4 Å². The van der Waals surface area contributed by atoms with E-state index in [-0.39, 0.29) is 6.04 Å². The third-order valence-electron chi connectivity index (χ3n) is 3.66. The zero-order valence-electron chi connectivity index (χ0n) is 13.1. The standard InChI is InChI=1S/C18H24N2O/c1-4-5-12-21-16-8-6-15(7-9-16)18(19-3)17-13-20-11-10-14(17)2/h6-11,13,18-19H,4-5,12H2,1-3H3. The second-order valence-electron chi connectivity index (χ2n) is 5.23. The molecule has 0 spiro atoms. The van der Waals surface area contributed by atoms with Gasteiger partial charge in [-0.15, -0.1) is 0 Å². The van der Waals surface area contributed by atoms with Gasteiger partial charge in [0.05, 0.1) is 12.6 Å². The van der Waals surface area contributed by atoms with E-state index in [0.29, 0.717) is 0 Å². The fourth-order valence-electron chi connectivity index (χ4n) is 2.37. The second-order valence-corrected chi connectivity index (χ2v) is 5.23. The molecule has 21 heavy (non-hydrogen) atoms. The predicted molar refractivity (Wildman–Crippen MR) is 86.7 cm³/mol. The molecule has 0 fully saturated rings. The largest absolute Gasteiger partial charge is 0.494 e. The summed E-state index contributed by atoms with van der Waals surface area (Å²) < 4.78 is 5.71. The molecule has 112 valence electrons. The summed E-state index contributed by atoms with van der Waals surface area (Å²) in [5.74, 6) is 0.935. The topological polar surface area (TPSA) is 34.1 Å². The number of nitrogens with one attached hydrogen (secondary N) is 1. The van der Waals surface area contributed by atoms with Crippen LogP contribution in [-0.4, -0.2) is 18.6 Å². The van der Waals surface area contributed by atoms with Gasteiger partial charge < -0.3 is 10.1 Å². The molecule has 0 saturated heterocycles. The first kappa shape index (κ1) is 15.5. The summed E-state index contributed by atoms with van der Waals surface area (Å²) in [6.07, 6.45) is 6.01. The minimum Gasteiger partial charge on any atom is -0.494 e. The van der Waals surface area contributed by atoms with Crippen LogP contribution in [0.5, 0.6) is 5.75 Å². The van der Waals surface area contributed by atoms with Crippen LogP contribution >= 0.6 is 0 Å². The molecular weight excluding hydrogens is 260 g/mol. The number of unbranched alkanes of at least 4 members (excludes halogenated alkanes) is 1. The van der Waals surface area contributed by atoms with Crippen LogP contribution in [0.4, 0.5) is 0 Å². The Labute approximate surface area is 127 Å². The van der Waals surface area contributed by atoms with Gasteiger partial charge in [-0.25, -0.2) is 0 Å². The van der Waals surface area contributed by atoms with Gasteiger partial charge in [-0.2, -0.15) is 0 Å². The highest BCUT2D eigenvalue weighted by Gasteiger charge is 2.14. The number of rotatable bonds is 7. The van der Waals surface area contributed by atoms with E-state index in [0.717, 1.165) is 25.2 Å². The number of hydrogen-bond acceptors (Lipinski definition) is 3. The van der Waals surface area contributed by atoms with Crippen LogP contribution in [0.25, 0.3) is 0 Å². The van der Waals surface area contributed by atoms with E-state index in [4.69, 9.17) is 4.74 Å². The number of aromatic nitrogens is 1. The molecule has 1 aromatic heterocycles. The van der Waals surface area contributed by atoms with E-state index >= 15 is 0 Å². The number of nitrogens with zero attached hydrogens (tertiary/aromatic N) is 1. The highest BCUT2D eigenvalue weighted by atomic mass is 16.5. The van der Waals surface area contributed by atoms with Crippen molar-refractivity contribution in [1.82, 2.24) is 10.3 Å². The van der Waals surface area contributed by atoms with Crippen LogP contribution in [0.15, 0.2) is 42.7 Å². The van der Waals surface area contributed by atoms with Crippen molar-refractivity contribution in [2.24, 2.45) is 0 Å². The van der Waals surface area contributed by atoms with Gasteiger partial charge in [0.1, 0.15) is 5.75 Å². The van der Waals surface area contributed by atoms with Crippen LogP contribution in [0.1, 0.15) is 42.5 Å². The van der Waals surface area contributed by atoms with E-state index in [9.17, 15) is 0 Å². The molecule has 1 heterocycles. The fraction of sp³-hybridized carbons (Fsp3) is 0.389. The van der Waals surface area contributed by atoms with Crippen LogP contribution < -0.4 is 10.1 Å². The quantitative estimate of drug-likeness (QED) is 0.784. The van der Waals surface area contributed by atoms with Gasteiger partial charge in [-0.3, -0.25) is 4.98 Å². The zero-order valence-corrected chi connectivity index (χ0v) is 13.1. The van der Waals surface area contributed by atoms with Crippen LogP contribution in [0.2, 0.25) is 0 Å². The summed E-state index contributed by atoms with van der Waals surface area (Å²) in [5, 5.41) is 3.37. The zero-order chi connectivity index (χ0) is 15.1. The van der Waals surface area contributed by atoms with Gasteiger partial charge in [0.15, 0.2) is 0 Å². The lowest BCUT2D eigenvalue weighted by molar-refractivity contribution is 0.309. The SMILES string of the molecule is CCCCOc1ccc(C(NC)c2cnccc2C)cc1. The van der Waals surface area contributed by atoms with Crippen molar-refractivity contribution in [3.63, 3.8) is 0 Å². The van der Waals surface area contributed by atoms with Gasteiger partial charge in [-0.1, -0.05) is 25.5 Å². The Hall–Kier alpha value is -1.87. The summed E-state index contributed by atoms with van der Waals surface area (Å²) >= 11 is 0. The molecule has 0 radical (unpaired) electrons. The summed E-state index contributed by atoms with van der Waals surface area (Å²) in [6, 6.07) is 10.5. The van der Waals surface area contributed by atoms with Crippen LogP contribution in [0.3, 0.4) is 0 Å². The molecule has 2 rings (SSSR count). The first-order chi connectivity index (χ1) is 10.3. The van der Waals surface area contributed by atoms with Gasteiger partial charge >= 0.3 is 0 Å². The summed E-state index contributed by atoms with van der Waals surface area (Å²) in [4.78, 5) is 4.24. The van der Waals surface area contributed by atoms with Crippen molar-refractivity contribution < 1.29 is 4.74 Å². The minimum atomic E-state index is 0.156. The van der Waals surface area contributed by atoms with Crippen molar-refractivity contribution in [1.29, 1.82) is 0 Å². The number of benzene rings is 1. The molecule has 0 aliphatic carbocycles. The molecule has 1 unspecified atom stereocenters. The van der Waals surface area contributed by atoms with Crippen molar-refractivity contribution >= 4 is 0 Å². The molecule has 1 aromatic carbocycles. The second kappa shape index (κ2) is 7.79. The molecule has 3 heteroatoms. The molecule has 2 aromatic rings. The van der Waals surface area contributed by atoms with E-state index in [1.807, 2.05) is 37.6 Å². The highest BCUT2D eigenvalue weighted by Crippen LogP contribution is 2.25. The first-order valence-corrected chi connectivity index (χ1v) is 7.56. The van der Waals surface area contributed by atoms with Crippen molar-refractivity contribution in [2.45, 2.75) is 32.7 Å². The normalized spacial score (nSPS) is 12.1. The van der Waals surface area contributed by atoms with Crippen LogP contribution in [-0.2, 0) is 0 Å². The molecule has 0 saturated carbocycles. The Kier molecular flexibility index (Phi) is 5.76. The summed E-state index contributed by atoms with van der Waals surface area (Å²) in [5.41, 5.74) is 3.67. The van der Waals surface area contributed by atoms with E-state index in [2.05, 4.69) is 36.3 Å². The van der Waals surface area contributed by atoms with E-state index < -0.39 is 0 Å². The molecule has 0 aliphatic rings. The Morgan fingerprint density at radius 2 is 1.95 bits per heavy atom. The number of pyridine rings is 1. The average molecular weight is 284 g/mol. The number of ether oxygens (including phenoxy) is 1. The maximum absolute atomic E-state index is 5.71. The maximum Gasteiger partial charge on any atom is 0.119 e. The highest BCUT2D eigenvalue weighted by molar-refractivity contribution is 5.37. The molecular formula is C18H24N2O. The van der Waals surface area contributed by atoms with Gasteiger partial charge in [0.2, 0.25) is 0 Å². The lowest BCUT2D eigenvalue weighted by Gasteiger charge is -2.19. The third kappa shape index (κ3) is 4.05. The monoisotopic (exact) mass is 284 g/mol. The first-order valence-electron chi connectivity index (χ1n) is 7.56. The smallest absolute Gasteiger partial charge is 0.119 e. The molecule has 3 nitrogen and oxygen atoms in total. The van der Waals surface area contributed by atoms with Crippen LogP contribution in [0, 0.1) is 6.92 Å².